The topological polar surface area (TPSA) is 75.3 Å². The number of nitrogens with one attached hydrogen (secondary N) is 2. The molecule has 1 heterocycles. The average molecular weight is 326 g/mol. The zero-order valence-corrected chi connectivity index (χ0v) is 13.2. The van der Waals surface area contributed by atoms with Crippen LogP contribution >= 0.6 is 11.8 Å². The Morgan fingerprint density at radius 3 is 2.65 bits per heavy atom. The van der Waals surface area contributed by atoms with Gasteiger partial charge in [-0.1, -0.05) is 25.1 Å². The van der Waals surface area contributed by atoms with Gasteiger partial charge in [-0.05, 0) is 30.0 Å². The summed E-state index contributed by atoms with van der Waals surface area (Å²) in [6.07, 6.45) is 0. The first-order valence-corrected chi connectivity index (χ1v) is 8.12. The minimum Gasteiger partial charge on any atom is -0.321 e. The Labute approximate surface area is 137 Å². The molecule has 0 unspecified atom stereocenters. The molecule has 0 saturated carbocycles. The standard InChI is InChI=1S/C17H14N2O3S/c1-2-23-13-9-4-3-6-10(13)15(20)18-12-8-5-7-11-14(12)17(22)19-16(11)21/h3-9H,2H2,1H3,(H,18,20)(H,19,21,22). The molecule has 2 aromatic carbocycles. The van der Waals surface area contributed by atoms with E-state index in [2.05, 4.69) is 10.6 Å². The largest absolute Gasteiger partial charge is 0.321 e. The minimum absolute atomic E-state index is 0.214. The fraction of sp³-hybridized carbons (Fsp3) is 0.118. The molecular formula is C17H14N2O3S. The lowest BCUT2D eigenvalue weighted by atomic mass is 10.1. The molecule has 0 radical (unpaired) electrons. The van der Waals surface area contributed by atoms with Crippen molar-refractivity contribution in [2.24, 2.45) is 0 Å². The van der Waals surface area contributed by atoms with Gasteiger partial charge < -0.3 is 5.32 Å². The van der Waals surface area contributed by atoms with Crippen LogP contribution in [0.5, 0.6) is 0 Å². The van der Waals surface area contributed by atoms with Crippen LogP contribution < -0.4 is 10.6 Å². The molecule has 3 rings (SSSR count). The first kappa shape index (κ1) is 15.3. The number of hydrogen-bond donors (Lipinski definition) is 2. The molecule has 6 heteroatoms. The molecule has 0 atom stereocenters. The van der Waals surface area contributed by atoms with E-state index in [0.717, 1.165) is 10.6 Å². The van der Waals surface area contributed by atoms with Crippen molar-refractivity contribution in [2.45, 2.75) is 11.8 Å². The van der Waals surface area contributed by atoms with Crippen molar-refractivity contribution in [1.29, 1.82) is 0 Å². The van der Waals surface area contributed by atoms with E-state index in [9.17, 15) is 14.4 Å². The van der Waals surface area contributed by atoms with Crippen LogP contribution in [0.15, 0.2) is 47.4 Å². The normalized spacial score (nSPS) is 12.7. The van der Waals surface area contributed by atoms with Crippen LogP contribution in [-0.2, 0) is 0 Å². The SMILES string of the molecule is CCSc1ccccc1C(=O)Nc1cccc2c1C(=O)NC2=O. The Morgan fingerprint density at radius 1 is 1.09 bits per heavy atom. The molecule has 1 aliphatic heterocycles. The van der Waals surface area contributed by atoms with Crippen molar-refractivity contribution in [3.05, 3.63) is 59.2 Å². The van der Waals surface area contributed by atoms with Gasteiger partial charge >= 0.3 is 0 Å². The molecule has 3 amide bonds. The first-order chi connectivity index (χ1) is 11.1. The smallest absolute Gasteiger partial charge is 0.261 e. The second-order valence-electron chi connectivity index (χ2n) is 4.89. The Morgan fingerprint density at radius 2 is 1.87 bits per heavy atom. The molecule has 23 heavy (non-hydrogen) atoms. The highest BCUT2D eigenvalue weighted by atomic mass is 32.2. The van der Waals surface area contributed by atoms with Crippen molar-refractivity contribution < 1.29 is 14.4 Å². The lowest BCUT2D eigenvalue weighted by Crippen LogP contribution is -2.21. The summed E-state index contributed by atoms with van der Waals surface area (Å²) in [7, 11) is 0. The maximum Gasteiger partial charge on any atom is 0.261 e. The van der Waals surface area contributed by atoms with E-state index in [1.807, 2.05) is 19.1 Å². The summed E-state index contributed by atoms with van der Waals surface area (Å²) in [6, 6.07) is 12.1. The number of benzene rings is 2. The van der Waals surface area contributed by atoms with Gasteiger partial charge in [0.25, 0.3) is 17.7 Å². The number of thioether (sulfide) groups is 1. The van der Waals surface area contributed by atoms with Gasteiger partial charge in [0, 0.05) is 4.90 Å². The molecule has 0 saturated heterocycles. The fourth-order valence-corrected chi connectivity index (χ4v) is 3.25. The van der Waals surface area contributed by atoms with Gasteiger partial charge in [0.15, 0.2) is 0 Å². The maximum atomic E-state index is 12.6. The van der Waals surface area contributed by atoms with E-state index in [1.54, 1.807) is 42.1 Å². The number of carbonyl (C=O) groups excluding carboxylic acids is 3. The number of rotatable bonds is 4. The van der Waals surface area contributed by atoms with E-state index >= 15 is 0 Å². The summed E-state index contributed by atoms with van der Waals surface area (Å²) in [4.78, 5) is 37.0. The predicted octanol–water partition coefficient (Wildman–Crippen LogP) is 2.93. The monoisotopic (exact) mass is 326 g/mol. The lowest BCUT2D eigenvalue weighted by Gasteiger charge is -2.11. The van der Waals surface area contributed by atoms with E-state index in [0.29, 0.717) is 11.3 Å². The summed E-state index contributed by atoms with van der Waals surface area (Å²) in [5, 5.41) is 4.98. The second kappa shape index (κ2) is 6.26. The van der Waals surface area contributed by atoms with Crippen molar-refractivity contribution >= 4 is 35.2 Å². The van der Waals surface area contributed by atoms with Crippen LogP contribution in [0.2, 0.25) is 0 Å². The van der Waals surface area contributed by atoms with Crippen LogP contribution in [0.1, 0.15) is 38.0 Å². The number of imide groups is 1. The van der Waals surface area contributed by atoms with Gasteiger partial charge in [-0.15, -0.1) is 11.8 Å². The number of anilines is 1. The predicted molar refractivity (Wildman–Crippen MR) is 89.0 cm³/mol. The minimum atomic E-state index is -0.489. The number of hydrogen-bond acceptors (Lipinski definition) is 4. The first-order valence-electron chi connectivity index (χ1n) is 7.13. The molecule has 1 aliphatic rings. The van der Waals surface area contributed by atoms with Crippen molar-refractivity contribution in [3.8, 4) is 0 Å². The molecule has 0 spiro atoms. The Kier molecular flexibility index (Phi) is 4.16. The van der Waals surface area contributed by atoms with Crippen molar-refractivity contribution in [3.63, 3.8) is 0 Å². The molecule has 2 aromatic rings. The molecule has 0 aliphatic carbocycles. The maximum absolute atomic E-state index is 12.6. The molecule has 0 aromatic heterocycles. The van der Waals surface area contributed by atoms with Gasteiger partial charge in [-0.2, -0.15) is 0 Å². The second-order valence-corrected chi connectivity index (χ2v) is 6.20. The third-order valence-corrected chi connectivity index (χ3v) is 4.40. The third kappa shape index (κ3) is 2.85. The molecule has 0 fully saturated rings. The van der Waals surface area contributed by atoms with Crippen LogP contribution in [0.3, 0.4) is 0 Å². The highest BCUT2D eigenvalue weighted by Crippen LogP contribution is 2.27. The molecule has 2 N–H and O–H groups in total. The number of amides is 3. The Hall–Kier alpha value is -2.60. The van der Waals surface area contributed by atoms with Crippen LogP contribution in [0.25, 0.3) is 0 Å². The van der Waals surface area contributed by atoms with Gasteiger partial charge in [0.05, 0.1) is 22.4 Å². The average Bonchev–Trinajstić information content (AvgIpc) is 2.84. The van der Waals surface area contributed by atoms with Gasteiger partial charge in [0.1, 0.15) is 0 Å². The molecule has 0 bridgehead atoms. The highest BCUT2D eigenvalue weighted by Gasteiger charge is 2.30. The number of fused-ring (bicyclic) bond motifs is 1. The van der Waals surface area contributed by atoms with Crippen molar-refractivity contribution in [2.75, 3.05) is 11.1 Å². The van der Waals surface area contributed by atoms with Gasteiger partial charge in [-0.3, -0.25) is 19.7 Å². The Bertz CT molecular complexity index is 817. The quantitative estimate of drug-likeness (QED) is 0.669. The number of carbonyl (C=O) groups is 3. The van der Waals surface area contributed by atoms with E-state index in [4.69, 9.17) is 0 Å². The summed E-state index contributed by atoms with van der Waals surface area (Å²) in [6.45, 7) is 2.01. The van der Waals surface area contributed by atoms with E-state index < -0.39 is 11.8 Å². The fourth-order valence-electron chi connectivity index (χ4n) is 2.45. The third-order valence-electron chi connectivity index (χ3n) is 3.44. The summed E-state index contributed by atoms with van der Waals surface area (Å²) >= 11 is 1.57. The molecular weight excluding hydrogens is 312 g/mol. The lowest BCUT2D eigenvalue weighted by molar-refractivity contribution is 0.0879. The summed E-state index contributed by atoms with van der Waals surface area (Å²) in [5.74, 6) is -0.385. The molecule has 5 nitrogen and oxygen atoms in total. The van der Waals surface area contributed by atoms with Gasteiger partial charge in [-0.25, -0.2) is 0 Å². The highest BCUT2D eigenvalue weighted by molar-refractivity contribution is 7.99. The molecule has 116 valence electrons. The zero-order chi connectivity index (χ0) is 16.4. The van der Waals surface area contributed by atoms with Gasteiger partial charge in [0.2, 0.25) is 0 Å². The summed E-state index contributed by atoms with van der Waals surface area (Å²) in [5.41, 5.74) is 1.38. The van der Waals surface area contributed by atoms with E-state index in [-0.39, 0.29) is 17.0 Å². The van der Waals surface area contributed by atoms with Crippen LogP contribution in [0, 0.1) is 0 Å². The Balaban J connectivity index is 1.94. The van der Waals surface area contributed by atoms with Crippen LogP contribution in [0.4, 0.5) is 5.69 Å². The van der Waals surface area contributed by atoms with E-state index in [1.165, 1.54) is 0 Å². The zero-order valence-electron chi connectivity index (χ0n) is 12.4. The van der Waals surface area contributed by atoms with Crippen LogP contribution in [-0.4, -0.2) is 23.5 Å². The summed E-state index contributed by atoms with van der Waals surface area (Å²) < 4.78 is 0. The van der Waals surface area contributed by atoms with Crippen molar-refractivity contribution in [1.82, 2.24) is 5.32 Å².